The molecule has 0 amide bonds. The highest BCUT2D eigenvalue weighted by atomic mass is 28.3. The fourth-order valence-corrected chi connectivity index (χ4v) is 1.83. The first kappa shape index (κ1) is 9.96. The summed E-state index contributed by atoms with van der Waals surface area (Å²) >= 11 is 0. The molecule has 1 heteroatoms. The van der Waals surface area contributed by atoms with Crippen molar-refractivity contribution in [2.24, 2.45) is 0 Å². The van der Waals surface area contributed by atoms with Gasteiger partial charge < -0.3 is 0 Å². The maximum Gasteiger partial charge on any atom is 0.0445 e. The Morgan fingerprint density at radius 2 is 1.70 bits per heavy atom. The Bertz CT molecular complexity index is 97.8. The van der Waals surface area contributed by atoms with Crippen LogP contribution in [-0.2, 0) is 0 Å². The zero-order valence-corrected chi connectivity index (χ0v) is 8.78. The molecule has 0 aromatic carbocycles. The normalized spacial score (nSPS) is 12.8. The van der Waals surface area contributed by atoms with Crippen molar-refractivity contribution in [1.82, 2.24) is 0 Å². The van der Waals surface area contributed by atoms with Crippen molar-refractivity contribution in [2.45, 2.75) is 45.5 Å². The fraction of sp³-hybridized carbons (Fsp3) is 0.778. The molecule has 0 nitrogen and oxygen atoms in total. The number of hydrogen-bond acceptors (Lipinski definition) is 0. The first-order valence-electron chi connectivity index (χ1n) is 4.21. The smallest absolute Gasteiger partial charge is 0.0445 e. The molecular formula is C9H20Si. The van der Waals surface area contributed by atoms with Crippen LogP contribution >= 0.6 is 0 Å². The van der Waals surface area contributed by atoms with Gasteiger partial charge in [0.2, 0.25) is 0 Å². The third-order valence-corrected chi connectivity index (χ3v) is 3.25. The molecule has 0 rings (SSSR count). The molecule has 0 aromatic heterocycles. The van der Waals surface area contributed by atoms with Crippen molar-refractivity contribution < 1.29 is 0 Å². The van der Waals surface area contributed by atoms with Gasteiger partial charge in [0.25, 0.3) is 0 Å². The molecule has 0 unspecified atom stereocenters. The van der Waals surface area contributed by atoms with E-state index in [2.05, 4.69) is 38.7 Å². The molecule has 0 saturated heterocycles. The summed E-state index contributed by atoms with van der Waals surface area (Å²) in [6.45, 7) is 9.46. The minimum Gasteiger partial charge on any atom is -0.0888 e. The van der Waals surface area contributed by atoms with Gasteiger partial charge in [0.05, 0.1) is 0 Å². The van der Waals surface area contributed by atoms with Crippen LogP contribution in [0.3, 0.4) is 0 Å². The molecule has 0 aliphatic carbocycles. The molecule has 0 spiro atoms. The maximum absolute atomic E-state index is 2.42. The first-order valence-corrected chi connectivity index (χ1v) is 7.92. The van der Waals surface area contributed by atoms with Crippen molar-refractivity contribution >= 4 is 8.07 Å². The zero-order valence-electron chi connectivity index (χ0n) is 7.78. The number of hydrogen-bond donors (Lipinski definition) is 0. The van der Waals surface area contributed by atoms with Gasteiger partial charge in [-0.25, -0.2) is 0 Å². The van der Waals surface area contributed by atoms with Gasteiger partial charge >= 0.3 is 0 Å². The van der Waals surface area contributed by atoms with Crippen LogP contribution in [0.2, 0.25) is 25.7 Å². The Labute approximate surface area is 66.4 Å². The maximum atomic E-state index is 2.42. The molecule has 0 aromatic rings. The summed E-state index contributed by atoms with van der Waals surface area (Å²) in [4.78, 5) is 0. The number of rotatable bonds is 4. The summed E-state index contributed by atoms with van der Waals surface area (Å²) in [6.07, 6.45) is 7.06. The van der Waals surface area contributed by atoms with Gasteiger partial charge in [0.1, 0.15) is 0 Å². The monoisotopic (exact) mass is 156 g/mol. The Morgan fingerprint density at radius 1 is 1.10 bits per heavy atom. The topological polar surface area (TPSA) is 0 Å². The fourth-order valence-electron chi connectivity index (χ4n) is 0.801. The van der Waals surface area contributed by atoms with E-state index in [9.17, 15) is 0 Å². The van der Waals surface area contributed by atoms with Crippen molar-refractivity contribution in [3.8, 4) is 0 Å². The molecule has 0 N–H and O–H groups in total. The summed E-state index contributed by atoms with van der Waals surface area (Å²) in [7, 11) is -0.758. The Hall–Kier alpha value is -0.0431. The summed E-state index contributed by atoms with van der Waals surface area (Å²) in [6, 6.07) is 1.43. The summed E-state index contributed by atoms with van der Waals surface area (Å²) in [5.74, 6) is 0. The van der Waals surface area contributed by atoms with E-state index in [1.807, 2.05) is 0 Å². The molecule has 0 heterocycles. The van der Waals surface area contributed by atoms with E-state index in [1.165, 1.54) is 18.9 Å². The largest absolute Gasteiger partial charge is 0.0888 e. The molecule has 0 aliphatic rings. The van der Waals surface area contributed by atoms with Crippen LogP contribution < -0.4 is 0 Å². The van der Waals surface area contributed by atoms with E-state index >= 15 is 0 Å². The molecule has 0 aliphatic heterocycles. The molecule has 0 radical (unpaired) electrons. The lowest BCUT2D eigenvalue weighted by Gasteiger charge is -2.13. The van der Waals surface area contributed by atoms with Gasteiger partial charge in [0.15, 0.2) is 0 Å². The Morgan fingerprint density at radius 3 is 2.10 bits per heavy atom. The summed E-state index contributed by atoms with van der Waals surface area (Å²) in [5, 5.41) is 0. The van der Waals surface area contributed by atoms with E-state index in [1.54, 1.807) is 0 Å². The van der Waals surface area contributed by atoms with Gasteiger partial charge in [0, 0.05) is 8.07 Å². The van der Waals surface area contributed by atoms with Crippen LogP contribution in [-0.4, -0.2) is 8.07 Å². The van der Waals surface area contributed by atoms with E-state index < -0.39 is 8.07 Å². The zero-order chi connectivity index (χ0) is 8.04. The second kappa shape index (κ2) is 4.72. The standard InChI is InChI=1S/C9H20Si/c1-5-6-7-8-9-10(2,3)4/h6-7H,5,8-9H2,1-4H3. The van der Waals surface area contributed by atoms with Crippen LogP contribution in [0.15, 0.2) is 12.2 Å². The predicted molar refractivity (Wildman–Crippen MR) is 52.2 cm³/mol. The third kappa shape index (κ3) is 7.96. The molecular weight excluding hydrogens is 136 g/mol. The average molecular weight is 156 g/mol. The quantitative estimate of drug-likeness (QED) is 0.430. The second-order valence-corrected chi connectivity index (χ2v) is 9.60. The van der Waals surface area contributed by atoms with Gasteiger partial charge in [-0.1, -0.05) is 44.8 Å². The summed E-state index contributed by atoms with van der Waals surface area (Å²) in [5.41, 5.74) is 0. The predicted octanol–water partition coefficient (Wildman–Crippen LogP) is 3.68. The molecule has 0 bridgehead atoms. The van der Waals surface area contributed by atoms with Crippen molar-refractivity contribution in [1.29, 1.82) is 0 Å². The van der Waals surface area contributed by atoms with Crippen molar-refractivity contribution in [3.05, 3.63) is 12.2 Å². The average Bonchev–Trinajstić information content (AvgIpc) is 1.78. The second-order valence-electron chi connectivity index (χ2n) is 3.98. The van der Waals surface area contributed by atoms with Gasteiger partial charge in [-0.05, 0) is 12.8 Å². The van der Waals surface area contributed by atoms with Crippen LogP contribution in [0.25, 0.3) is 0 Å². The van der Waals surface area contributed by atoms with Crippen LogP contribution in [0.5, 0.6) is 0 Å². The minimum absolute atomic E-state index is 0.758. The van der Waals surface area contributed by atoms with Gasteiger partial charge in [-0.2, -0.15) is 0 Å². The van der Waals surface area contributed by atoms with Gasteiger partial charge in [-0.15, -0.1) is 0 Å². The summed E-state index contributed by atoms with van der Waals surface area (Å²) < 4.78 is 0. The van der Waals surface area contributed by atoms with E-state index in [0.717, 1.165) is 0 Å². The molecule has 0 saturated carbocycles. The van der Waals surface area contributed by atoms with Gasteiger partial charge in [-0.3, -0.25) is 0 Å². The molecule has 10 heavy (non-hydrogen) atoms. The Balaban J connectivity index is 3.28. The van der Waals surface area contributed by atoms with Crippen LogP contribution in [0, 0.1) is 0 Å². The van der Waals surface area contributed by atoms with Crippen LogP contribution in [0.4, 0.5) is 0 Å². The highest BCUT2D eigenvalue weighted by molar-refractivity contribution is 6.76. The lowest BCUT2D eigenvalue weighted by Crippen LogP contribution is -2.18. The SMILES string of the molecule is CCC=CCC[Si](C)(C)C. The van der Waals surface area contributed by atoms with Crippen molar-refractivity contribution in [2.75, 3.05) is 0 Å². The number of allylic oxidation sites excluding steroid dienone is 2. The molecule has 0 atom stereocenters. The minimum atomic E-state index is -0.758. The van der Waals surface area contributed by atoms with E-state index in [-0.39, 0.29) is 0 Å². The first-order chi connectivity index (χ1) is 4.56. The van der Waals surface area contributed by atoms with E-state index in [0.29, 0.717) is 0 Å². The highest BCUT2D eigenvalue weighted by Crippen LogP contribution is 2.11. The molecule has 60 valence electrons. The third-order valence-electron chi connectivity index (χ3n) is 1.46. The lowest BCUT2D eigenvalue weighted by molar-refractivity contribution is 1.12. The lowest BCUT2D eigenvalue weighted by atomic mass is 10.4. The van der Waals surface area contributed by atoms with E-state index in [4.69, 9.17) is 0 Å². The van der Waals surface area contributed by atoms with Crippen molar-refractivity contribution in [3.63, 3.8) is 0 Å². The molecule has 0 fully saturated rings. The highest BCUT2D eigenvalue weighted by Gasteiger charge is 2.09. The Kier molecular flexibility index (Phi) is 4.70. The van der Waals surface area contributed by atoms with Crippen LogP contribution in [0.1, 0.15) is 19.8 Å².